The van der Waals surface area contributed by atoms with Crippen LogP contribution >= 0.6 is 0 Å². The number of non-ortho nitro benzene ring substituents is 1. The Morgan fingerprint density at radius 2 is 1.50 bits per heavy atom. The van der Waals surface area contributed by atoms with Crippen molar-refractivity contribution < 1.29 is 4.92 Å². The molecule has 3 aromatic carbocycles. The number of aromatic nitrogens is 1. The van der Waals surface area contributed by atoms with Gasteiger partial charge in [0.15, 0.2) is 0 Å². The van der Waals surface area contributed by atoms with Crippen LogP contribution in [0.15, 0.2) is 78.9 Å². The summed E-state index contributed by atoms with van der Waals surface area (Å²) in [5.74, 6) is 6.37. The van der Waals surface area contributed by atoms with Gasteiger partial charge >= 0.3 is 0 Å². The minimum atomic E-state index is -0.406. The van der Waals surface area contributed by atoms with Gasteiger partial charge in [-0.05, 0) is 55.5 Å². The second-order valence-corrected chi connectivity index (χ2v) is 6.52. The summed E-state index contributed by atoms with van der Waals surface area (Å²) in [4.78, 5) is 15.1. The summed E-state index contributed by atoms with van der Waals surface area (Å²) in [5.41, 5.74) is 5.68. The molecular formula is C24H16N2O2. The highest BCUT2D eigenvalue weighted by molar-refractivity contribution is 5.83. The van der Waals surface area contributed by atoms with E-state index in [0.717, 1.165) is 33.3 Å². The Morgan fingerprint density at radius 1 is 0.821 bits per heavy atom. The minimum absolute atomic E-state index is 0.0707. The molecule has 0 atom stereocenters. The summed E-state index contributed by atoms with van der Waals surface area (Å²) in [6, 6.07) is 24.4. The molecule has 0 saturated carbocycles. The third kappa shape index (κ3) is 3.74. The number of benzene rings is 3. The molecule has 1 heterocycles. The van der Waals surface area contributed by atoms with Crippen LogP contribution < -0.4 is 0 Å². The fourth-order valence-corrected chi connectivity index (χ4v) is 2.90. The lowest BCUT2D eigenvalue weighted by molar-refractivity contribution is -0.384. The molecule has 4 heteroatoms. The van der Waals surface area contributed by atoms with Crippen LogP contribution in [0.3, 0.4) is 0 Å². The normalized spacial score (nSPS) is 10.3. The second kappa shape index (κ2) is 7.34. The van der Waals surface area contributed by atoms with Crippen LogP contribution in [-0.2, 0) is 0 Å². The summed E-state index contributed by atoms with van der Waals surface area (Å²) < 4.78 is 0. The van der Waals surface area contributed by atoms with Crippen molar-refractivity contribution >= 4 is 16.6 Å². The number of nitro benzene ring substituents is 1. The smallest absolute Gasteiger partial charge is 0.258 e. The van der Waals surface area contributed by atoms with Crippen LogP contribution in [0.2, 0.25) is 0 Å². The largest absolute Gasteiger partial charge is 0.269 e. The number of nitro groups is 1. The summed E-state index contributed by atoms with van der Waals surface area (Å²) in [6.07, 6.45) is 0. The van der Waals surface area contributed by atoms with Gasteiger partial charge in [-0.15, -0.1) is 0 Å². The zero-order valence-electron chi connectivity index (χ0n) is 15.2. The fourth-order valence-electron chi connectivity index (χ4n) is 2.90. The van der Waals surface area contributed by atoms with Gasteiger partial charge in [0.25, 0.3) is 5.69 Å². The van der Waals surface area contributed by atoms with Gasteiger partial charge in [-0.2, -0.15) is 0 Å². The van der Waals surface area contributed by atoms with E-state index in [-0.39, 0.29) is 5.69 Å². The summed E-state index contributed by atoms with van der Waals surface area (Å²) in [5, 5.41) is 11.8. The molecule has 0 unspecified atom stereocenters. The van der Waals surface area contributed by atoms with Crippen molar-refractivity contribution in [2.45, 2.75) is 6.92 Å². The van der Waals surface area contributed by atoms with Gasteiger partial charge in [-0.25, -0.2) is 4.98 Å². The van der Waals surface area contributed by atoms with E-state index in [9.17, 15) is 10.1 Å². The van der Waals surface area contributed by atoms with Crippen molar-refractivity contribution in [3.8, 4) is 23.1 Å². The Bertz CT molecular complexity index is 1230. The third-order valence-corrected chi connectivity index (χ3v) is 4.47. The van der Waals surface area contributed by atoms with Crippen LogP contribution in [0.4, 0.5) is 5.69 Å². The van der Waals surface area contributed by atoms with Crippen molar-refractivity contribution in [1.82, 2.24) is 4.98 Å². The zero-order chi connectivity index (χ0) is 19.5. The Hall–Kier alpha value is -3.97. The maximum atomic E-state index is 10.8. The molecule has 134 valence electrons. The highest BCUT2D eigenvalue weighted by atomic mass is 16.6. The average Bonchev–Trinajstić information content (AvgIpc) is 2.73. The Labute approximate surface area is 162 Å². The molecule has 28 heavy (non-hydrogen) atoms. The zero-order valence-corrected chi connectivity index (χ0v) is 15.2. The molecule has 1 aromatic heterocycles. The monoisotopic (exact) mass is 364 g/mol. The summed E-state index contributed by atoms with van der Waals surface area (Å²) >= 11 is 0. The minimum Gasteiger partial charge on any atom is -0.258 e. The second-order valence-electron chi connectivity index (χ2n) is 6.52. The standard InChI is InChI=1S/C24H16N2O2/c1-17-2-4-18(5-3-17)6-7-19-8-14-24-21(16-19)11-15-23(25-24)20-9-12-22(13-10-20)26(27)28/h2-5,8-16H,1H3. The van der Waals surface area contributed by atoms with Gasteiger partial charge in [-0.3, -0.25) is 10.1 Å². The van der Waals surface area contributed by atoms with Crippen LogP contribution in [0.1, 0.15) is 16.7 Å². The molecule has 0 fully saturated rings. The number of nitrogens with zero attached hydrogens (tertiary/aromatic N) is 2. The van der Waals surface area contributed by atoms with Crippen molar-refractivity contribution in [3.05, 3.63) is 106 Å². The molecule has 0 radical (unpaired) electrons. The molecule has 4 nitrogen and oxygen atoms in total. The number of aryl methyl sites for hydroxylation is 1. The summed E-state index contributed by atoms with van der Waals surface area (Å²) in [7, 11) is 0. The first-order valence-electron chi connectivity index (χ1n) is 8.83. The van der Waals surface area contributed by atoms with Crippen LogP contribution in [0.5, 0.6) is 0 Å². The van der Waals surface area contributed by atoms with Crippen molar-refractivity contribution in [1.29, 1.82) is 0 Å². The SMILES string of the molecule is Cc1ccc(C#Cc2ccc3nc(-c4ccc([N+](=O)[O-])cc4)ccc3c2)cc1. The molecule has 4 rings (SSSR count). The lowest BCUT2D eigenvalue weighted by Crippen LogP contribution is -1.89. The molecule has 0 amide bonds. The van der Waals surface area contributed by atoms with Gasteiger partial charge < -0.3 is 0 Å². The van der Waals surface area contributed by atoms with Gasteiger partial charge in [0.05, 0.1) is 16.1 Å². The Kier molecular flexibility index (Phi) is 4.57. The molecule has 0 aliphatic carbocycles. The van der Waals surface area contributed by atoms with E-state index < -0.39 is 4.92 Å². The van der Waals surface area contributed by atoms with Gasteiger partial charge in [0.1, 0.15) is 0 Å². The maximum Gasteiger partial charge on any atom is 0.269 e. The van der Waals surface area contributed by atoms with Crippen LogP contribution in [0.25, 0.3) is 22.2 Å². The van der Waals surface area contributed by atoms with E-state index in [1.165, 1.54) is 17.7 Å². The van der Waals surface area contributed by atoms with E-state index in [1.807, 2.05) is 54.6 Å². The summed E-state index contributed by atoms with van der Waals surface area (Å²) in [6.45, 7) is 2.05. The van der Waals surface area contributed by atoms with E-state index >= 15 is 0 Å². The average molecular weight is 364 g/mol. The van der Waals surface area contributed by atoms with Crippen LogP contribution in [0, 0.1) is 28.9 Å². The quantitative estimate of drug-likeness (QED) is 0.267. The molecule has 0 saturated heterocycles. The predicted octanol–water partition coefficient (Wildman–Crippen LogP) is 5.52. The van der Waals surface area contributed by atoms with Crippen LogP contribution in [-0.4, -0.2) is 9.91 Å². The topological polar surface area (TPSA) is 56.0 Å². The first-order valence-corrected chi connectivity index (χ1v) is 8.83. The third-order valence-electron chi connectivity index (χ3n) is 4.47. The van der Waals surface area contributed by atoms with Gasteiger partial charge in [0, 0.05) is 34.2 Å². The number of rotatable bonds is 2. The molecule has 0 aliphatic rings. The predicted molar refractivity (Wildman–Crippen MR) is 111 cm³/mol. The Morgan fingerprint density at radius 3 is 2.21 bits per heavy atom. The number of hydrogen-bond donors (Lipinski definition) is 0. The lowest BCUT2D eigenvalue weighted by Gasteiger charge is -2.04. The number of hydrogen-bond acceptors (Lipinski definition) is 3. The molecule has 0 N–H and O–H groups in total. The molecular weight excluding hydrogens is 348 g/mol. The van der Waals surface area contributed by atoms with E-state index in [2.05, 4.69) is 23.7 Å². The number of fused-ring (bicyclic) bond motifs is 1. The fraction of sp³-hybridized carbons (Fsp3) is 0.0417. The first kappa shape index (κ1) is 17.4. The molecule has 0 aliphatic heterocycles. The van der Waals surface area contributed by atoms with Crippen molar-refractivity contribution in [2.24, 2.45) is 0 Å². The lowest BCUT2D eigenvalue weighted by atomic mass is 10.1. The maximum absolute atomic E-state index is 10.8. The van der Waals surface area contributed by atoms with E-state index in [1.54, 1.807) is 12.1 Å². The van der Waals surface area contributed by atoms with E-state index in [0.29, 0.717) is 0 Å². The molecule has 4 aromatic rings. The highest BCUT2D eigenvalue weighted by Gasteiger charge is 2.07. The van der Waals surface area contributed by atoms with Crippen molar-refractivity contribution in [2.75, 3.05) is 0 Å². The van der Waals surface area contributed by atoms with Gasteiger partial charge in [0.2, 0.25) is 0 Å². The van der Waals surface area contributed by atoms with Crippen molar-refractivity contribution in [3.63, 3.8) is 0 Å². The van der Waals surface area contributed by atoms with Gasteiger partial charge in [-0.1, -0.05) is 35.6 Å². The Balaban J connectivity index is 1.62. The number of pyridine rings is 1. The molecule has 0 spiro atoms. The van der Waals surface area contributed by atoms with E-state index in [4.69, 9.17) is 0 Å². The first-order chi connectivity index (χ1) is 13.6. The molecule has 0 bridgehead atoms. The highest BCUT2D eigenvalue weighted by Crippen LogP contribution is 2.23.